The molecule has 11 rings (SSSR count). The van der Waals surface area contributed by atoms with Gasteiger partial charge in [-0.3, -0.25) is 0 Å². The van der Waals surface area contributed by atoms with Gasteiger partial charge in [-0.05, 0) is 72.3 Å². The molecule has 3 heterocycles. The molecule has 0 atom stereocenters. The highest BCUT2D eigenvalue weighted by Gasteiger charge is 2.21. The molecule has 58 heavy (non-hydrogen) atoms. The fraction of sp³-hybridized carbons (Fsp3) is 0. The highest BCUT2D eigenvalue weighted by atomic mass is 15.0. The van der Waals surface area contributed by atoms with Gasteiger partial charge in [0, 0.05) is 49.5 Å². The third-order valence-corrected chi connectivity index (χ3v) is 11.0. The number of rotatable bonds is 6. The van der Waals surface area contributed by atoms with Gasteiger partial charge in [0.15, 0.2) is 17.5 Å². The van der Waals surface area contributed by atoms with E-state index in [9.17, 15) is 5.26 Å². The minimum atomic E-state index is 0.564. The molecule has 8 aromatic carbocycles. The Bertz CT molecular complexity index is 3340. The van der Waals surface area contributed by atoms with E-state index in [2.05, 4.69) is 130 Å². The van der Waals surface area contributed by atoms with Crippen molar-refractivity contribution in [1.82, 2.24) is 24.1 Å². The zero-order valence-corrected chi connectivity index (χ0v) is 31.2. The van der Waals surface area contributed by atoms with Crippen molar-refractivity contribution < 1.29 is 0 Å². The number of hydrogen-bond donors (Lipinski definition) is 0. The van der Waals surface area contributed by atoms with Crippen molar-refractivity contribution in [3.05, 3.63) is 200 Å². The van der Waals surface area contributed by atoms with Crippen LogP contribution >= 0.6 is 0 Å². The number of aromatic nitrogens is 5. The first-order valence-corrected chi connectivity index (χ1v) is 19.3. The second-order valence-electron chi connectivity index (χ2n) is 14.4. The Hall–Kier alpha value is -8.14. The van der Waals surface area contributed by atoms with Gasteiger partial charge < -0.3 is 9.13 Å². The van der Waals surface area contributed by atoms with Gasteiger partial charge in [-0.1, -0.05) is 127 Å². The number of benzene rings is 8. The van der Waals surface area contributed by atoms with Crippen molar-refractivity contribution >= 4 is 43.6 Å². The van der Waals surface area contributed by atoms with Crippen LogP contribution in [0.2, 0.25) is 0 Å². The number of fused-ring (bicyclic) bond motifs is 6. The molecule has 3 aromatic heterocycles. The van der Waals surface area contributed by atoms with E-state index in [0.717, 1.165) is 72.0 Å². The van der Waals surface area contributed by atoms with E-state index in [-0.39, 0.29) is 0 Å². The maximum atomic E-state index is 10.0. The molecule has 270 valence electrons. The molecule has 0 radical (unpaired) electrons. The Morgan fingerprint density at radius 3 is 1.47 bits per heavy atom. The molecule has 0 N–H and O–H groups in total. The molecule has 0 unspecified atom stereocenters. The SMILES string of the molecule is N#Cc1cccc(-c2cc(-c3nc(-c4ccccc4)nc(-c4ccccc4)n3)ccc2-n2c3ccccc3c3cc4c(cc32)c2ccccc2n4-c2ccccc2)c1. The second kappa shape index (κ2) is 13.6. The summed E-state index contributed by atoms with van der Waals surface area (Å²) in [6.07, 6.45) is 0. The molecule has 0 bridgehead atoms. The minimum Gasteiger partial charge on any atom is -0.309 e. The van der Waals surface area contributed by atoms with Crippen LogP contribution in [0, 0.1) is 11.3 Å². The maximum absolute atomic E-state index is 10.0. The zero-order chi connectivity index (χ0) is 38.6. The summed E-state index contributed by atoms with van der Waals surface area (Å²) in [6, 6.07) is 69.2. The highest BCUT2D eigenvalue weighted by Crippen LogP contribution is 2.42. The van der Waals surface area contributed by atoms with E-state index in [1.54, 1.807) is 0 Å². The van der Waals surface area contributed by atoms with Crippen molar-refractivity contribution in [2.24, 2.45) is 0 Å². The molecule has 6 nitrogen and oxygen atoms in total. The number of para-hydroxylation sites is 3. The van der Waals surface area contributed by atoms with E-state index in [4.69, 9.17) is 15.0 Å². The van der Waals surface area contributed by atoms with Crippen LogP contribution in [0.15, 0.2) is 194 Å². The molecule has 11 aromatic rings. The van der Waals surface area contributed by atoms with Crippen LogP contribution < -0.4 is 0 Å². The average Bonchev–Trinajstić information content (AvgIpc) is 3.80. The van der Waals surface area contributed by atoms with Gasteiger partial charge in [-0.25, -0.2) is 15.0 Å². The average molecular weight is 741 g/mol. The van der Waals surface area contributed by atoms with Gasteiger partial charge in [0.05, 0.1) is 39.4 Å². The molecule has 0 fully saturated rings. The van der Waals surface area contributed by atoms with E-state index in [0.29, 0.717) is 23.0 Å². The quantitative estimate of drug-likeness (QED) is 0.170. The van der Waals surface area contributed by atoms with Crippen LogP contribution in [0.5, 0.6) is 0 Å². The Balaban J connectivity index is 1.20. The molecule has 0 aliphatic heterocycles. The number of hydrogen-bond acceptors (Lipinski definition) is 4. The molecule has 0 aliphatic carbocycles. The van der Waals surface area contributed by atoms with Gasteiger partial charge in [0.2, 0.25) is 0 Å². The van der Waals surface area contributed by atoms with Crippen LogP contribution in [0.3, 0.4) is 0 Å². The molecule has 6 heteroatoms. The lowest BCUT2D eigenvalue weighted by molar-refractivity contribution is 1.07. The molecule has 0 aliphatic rings. The second-order valence-corrected chi connectivity index (χ2v) is 14.4. The van der Waals surface area contributed by atoms with Crippen LogP contribution in [-0.4, -0.2) is 24.1 Å². The fourth-order valence-electron chi connectivity index (χ4n) is 8.34. The predicted molar refractivity (Wildman–Crippen MR) is 235 cm³/mol. The Morgan fingerprint density at radius 1 is 0.362 bits per heavy atom. The monoisotopic (exact) mass is 740 g/mol. The summed E-state index contributed by atoms with van der Waals surface area (Å²) in [5.41, 5.74) is 11.7. The number of nitrogens with zero attached hydrogens (tertiary/aromatic N) is 6. The molecule has 0 saturated heterocycles. The molecule has 0 amide bonds. The summed E-state index contributed by atoms with van der Waals surface area (Å²) in [6.45, 7) is 0. The van der Waals surface area contributed by atoms with Gasteiger partial charge in [0.1, 0.15) is 0 Å². The van der Waals surface area contributed by atoms with E-state index >= 15 is 0 Å². The smallest absolute Gasteiger partial charge is 0.164 e. The van der Waals surface area contributed by atoms with Crippen molar-refractivity contribution in [2.75, 3.05) is 0 Å². The molecular weight excluding hydrogens is 709 g/mol. The molecular formula is C52H32N6. The first-order chi connectivity index (χ1) is 28.7. The molecule has 0 spiro atoms. The van der Waals surface area contributed by atoms with Crippen molar-refractivity contribution in [2.45, 2.75) is 0 Å². The van der Waals surface area contributed by atoms with Gasteiger partial charge >= 0.3 is 0 Å². The van der Waals surface area contributed by atoms with Gasteiger partial charge in [-0.2, -0.15) is 5.26 Å². The largest absolute Gasteiger partial charge is 0.309 e. The topological polar surface area (TPSA) is 72.3 Å². The third kappa shape index (κ3) is 5.45. The van der Waals surface area contributed by atoms with E-state index < -0.39 is 0 Å². The standard InChI is InChI=1S/C52H32N6/c53-33-34-15-14-20-37(29-34)42-30-38(52-55-50(35-16-4-1-5-17-35)54-51(56-52)36-18-6-2-7-19-36)27-28-47(42)58-46-26-13-11-24-41(46)44-31-48-43(32-49(44)58)40-23-10-12-25-45(40)57(48)39-21-8-3-9-22-39/h1-32H. The summed E-state index contributed by atoms with van der Waals surface area (Å²) < 4.78 is 4.74. The fourth-order valence-corrected chi connectivity index (χ4v) is 8.34. The zero-order valence-electron chi connectivity index (χ0n) is 31.2. The van der Waals surface area contributed by atoms with Crippen molar-refractivity contribution in [3.63, 3.8) is 0 Å². The van der Waals surface area contributed by atoms with Gasteiger partial charge in [0.25, 0.3) is 0 Å². The van der Waals surface area contributed by atoms with Crippen molar-refractivity contribution in [3.8, 4) is 62.7 Å². The summed E-state index contributed by atoms with van der Waals surface area (Å²) in [5.74, 6) is 1.76. The Kier molecular flexibility index (Phi) is 7.76. The van der Waals surface area contributed by atoms with E-state index in [1.165, 1.54) is 10.8 Å². The lowest BCUT2D eigenvalue weighted by atomic mass is 9.98. The van der Waals surface area contributed by atoms with E-state index in [1.807, 2.05) is 78.9 Å². The van der Waals surface area contributed by atoms with Gasteiger partial charge in [-0.15, -0.1) is 0 Å². The first-order valence-electron chi connectivity index (χ1n) is 19.3. The summed E-state index contributed by atoms with van der Waals surface area (Å²) in [5, 5.41) is 14.7. The lowest BCUT2D eigenvalue weighted by Crippen LogP contribution is -2.02. The van der Waals surface area contributed by atoms with Crippen molar-refractivity contribution in [1.29, 1.82) is 5.26 Å². The molecule has 0 saturated carbocycles. The van der Waals surface area contributed by atoms with Crippen LogP contribution in [0.4, 0.5) is 0 Å². The first kappa shape index (κ1) is 33.2. The number of nitriles is 1. The predicted octanol–water partition coefficient (Wildman–Crippen LogP) is 12.6. The lowest BCUT2D eigenvalue weighted by Gasteiger charge is -2.16. The summed E-state index contributed by atoms with van der Waals surface area (Å²) >= 11 is 0. The minimum absolute atomic E-state index is 0.564. The third-order valence-electron chi connectivity index (χ3n) is 11.0. The Morgan fingerprint density at radius 2 is 0.862 bits per heavy atom. The maximum Gasteiger partial charge on any atom is 0.164 e. The van der Waals surface area contributed by atoms with Crippen LogP contribution in [0.1, 0.15) is 5.56 Å². The summed E-state index contributed by atoms with van der Waals surface area (Å²) in [4.78, 5) is 15.1. The normalized spacial score (nSPS) is 11.4. The summed E-state index contributed by atoms with van der Waals surface area (Å²) in [7, 11) is 0. The Labute approximate surface area is 334 Å². The van der Waals surface area contributed by atoms with Crippen LogP contribution in [-0.2, 0) is 0 Å². The highest BCUT2D eigenvalue weighted by molar-refractivity contribution is 6.19. The van der Waals surface area contributed by atoms with Crippen LogP contribution in [0.25, 0.3) is 100 Å².